The molecule has 2 rings (SSSR count). The highest BCUT2D eigenvalue weighted by Gasteiger charge is 2.34. The molecule has 1 heterocycles. The van der Waals surface area contributed by atoms with Gasteiger partial charge < -0.3 is 5.11 Å². The summed E-state index contributed by atoms with van der Waals surface area (Å²) in [7, 11) is 0. The van der Waals surface area contributed by atoms with Crippen LogP contribution in [-0.2, 0) is 16.8 Å². The van der Waals surface area contributed by atoms with Crippen molar-refractivity contribution in [3.63, 3.8) is 0 Å². The van der Waals surface area contributed by atoms with Crippen LogP contribution in [0.2, 0.25) is 0 Å². The Labute approximate surface area is 134 Å². The average Bonchev–Trinajstić information content (AvgIpc) is 2.36. The summed E-state index contributed by atoms with van der Waals surface area (Å²) in [6.45, 7) is 12.5. The lowest BCUT2D eigenvalue weighted by Crippen LogP contribution is -2.48. The van der Waals surface area contributed by atoms with Crippen molar-refractivity contribution in [3.8, 4) is 0 Å². The molecule has 2 atom stereocenters. The van der Waals surface area contributed by atoms with Gasteiger partial charge >= 0.3 is 5.97 Å². The third kappa shape index (κ3) is 3.70. The fourth-order valence-corrected chi connectivity index (χ4v) is 3.75. The summed E-state index contributed by atoms with van der Waals surface area (Å²) in [6, 6.07) is 6.23. The maximum Gasteiger partial charge on any atom is 0.321 e. The third-order valence-corrected chi connectivity index (χ3v) is 4.77. The minimum Gasteiger partial charge on any atom is -0.480 e. The van der Waals surface area contributed by atoms with Crippen molar-refractivity contribution in [2.45, 2.75) is 65.5 Å². The summed E-state index contributed by atoms with van der Waals surface area (Å²) in [5.41, 5.74) is 4.01. The number of nitrogens with zero attached hydrogens (tertiary/aromatic N) is 1. The zero-order chi connectivity index (χ0) is 16.5. The summed E-state index contributed by atoms with van der Waals surface area (Å²) in [4.78, 5) is 13.7. The molecule has 2 unspecified atom stereocenters. The zero-order valence-corrected chi connectivity index (χ0v) is 14.5. The summed E-state index contributed by atoms with van der Waals surface area (Å²) < 4.78 is 0. The van der Waals surface area contributed by atoms with Crippen LogP contribution in [-0.4, -0.2) is 28.6 Å². The van der Waals surface area contributed by atoms with Crippen molar-refractivity contribution in [1.29, 1.82) is 0 Å². The fraction of sp³-hybridized carbons (Fsp3) is 0.632. The lowest BCUT2D eigenvalue weighted by Gasteiger charge is -2.37. The Hall–Kier alpha value is -1.35. The minimum absolute atomic E-state index is 0.145. The van der Waals surface area contributed by atoms with Crippen LogP contribution in [0, 0.1) is 12.8 Å². The van der Waals surface area contributed by atoms with Gasteiger partial charge in [-0.05, 0) is 54.3 Å². The molecule has 0 aromatic heterocycles. The second-order valence-corrected chi connectivity index (χ2v) is 7.77. The van der Waals surface area contributed by atoms with Gasteiger partial charge in [0.15, 0.2) is 0 Å². The Morgan fingerprint density at radius 1 is 1.36 bits per heavy atom. The van der Waals surface area contributed by atoms with Gasteiger partial charge in [-0.15, -0.1) is 0 Å². The van der Waals surface area contributed by atoms with Gasteiger partial charge in [-0.3, -0.25) is 9.69 Å². The lowest BCUT2D eigenvalue weighted by molar-refractivity contribution is -0.147. The molecule has 1 saturated heterocycles. The number of benzene rings is 1. The zero-order valence-electron chi connectivity index (χ0n) is 14.5. The topological polar surface area (TPSA) is 40.5 Å². The molecule has 1 aromatic rings. The highest BCUT2D eigenvalue weighted by molar-refractivity contribution is 5.74. The highest BCUT2D eigenvalue weighted by Crippen LogP contribution is 2.28. The van der Waals surface area contributed by atoms with E-state index >= 15 is 0 Å². The van der Waals surface area contributed by atoms with E-state index in [0.29, 0.717) is 0 Å². The Bertz CT molecular complexity index is 545. The van der Waals surface area contributed by atoms with Crippen LogP contribution in [0.4, 0.5) is 0 Å². The second-order valence-electron chi connectivity index (χ2n) is 7.77. The molecular formula is C19H29NO2. The Morgan fingerprint density at radius 2 is 2.05 bits per heavy atom. The van der Waals surface area contributed by atoms with E-state index in [4.69, 9.17) is 0 Å². The standard InChI is InChI=1S/C19H29NO2/c1-13-7-6-10-20(17(13)18(21)22)12-15-8-9-16(14(2)11-15)19(3,4)5/h8-9,11,13,17H,6-7,10,12H2,1-5H3,(H,21,22). The first-order chi connectivity index (χ1) is 10.2. The first kappa shape index (κ1) is 17.0. The maximum atomic E-state index is 11.6. The maximum absolute atomic E-state index is 11.6. The number of carboxylic acid groups (broad SMARTS) is 1. The molecule has 1 N–H and O–H groups in total. The summed E-state index contributed by atoms with van der Waals surface area (Å²) >= 11 is 0. The van der Waals surface area contributed by atoms with Gasteiger partial charge in [0, 0.05) is 6.54 Å². The van der Waals surface area contributed by atoms with Crippen LogP contribution in [0.1, 0.15) is 57.2 Å². The molecule has 0 saturated carbocycles. The van der Waals surface area contributed by atoms with Crippen molar-refractivity contribution in [2.75, 3.05) is 6.54 Å². The number of hydrogen-bond donors (Lipinski definition) is 1. The van der Waals surface area contributed by atoms with E-state index in [2.05, 4.69) is 57.7 Å². The van der Waals surface area contributed by atoms with Crippen LogP contribution < -0.4 is 0 Å². The number of carbonyl (C=O) groups is 1. The predicted octanol–water partition coefficient (Wildman–Crippen LogP) is 3.98. The van der Waals surface area contributed by atoms with E-state index in [9.17, 15) is 9.90 Å². The molecule has 1 fully saturated rings. The third-order valence-electron chi connectivity index (χ3n) is 4.77. The molecule has 0 bridgehead atoms. The molecule has 3 heteroatoms. The molecule has 122 valence electrons. The summed E-state index contributed by atoms with van der Waals surface area (Å²) in [5.74, 6) is -0.462. The van der Waals surface area contributed by atoms with Gasteiger partial charge in [-0.25, -0.2) is 0 Å². The Balaban J connectivity index is 2.19. The number of rotatable bonds is 3. The molecule has 1 aliphatic heterocycles. The van der Waals surface area contributed by atoms with Gasteiger partial charge in [-0.2, -0.15) is 0 Å². The van der Waals surface area contributed by atoms with Crippen molar-refractivity contribution in [2.24, 2.45) is 5.92 Å². The SMILES string of the molecule is Cc1cc(CN2CCCC(C)C2C(=O)O)ccc1C(C)(C)C. The van der Waals surface area contributed by atoms with E-state index in [1.165, 1.54) is 16.7 Å². The van der Waals surface area contributed by atoms with Crippen LogP contribution >= 0.6 is 0 Å². The quantitative estimate of drug-likeness (QED) is 0.918. The fourth-order valence-electron chi connectivity index (χ4n) is 3.75. The molecule has 1 aliphatic rings. The first-order valence-corrected chi connectivity index (χ1v) is 8.27. The molecule has 3 nitrogen and oxygen atoms in total. The average molecular weight is 303 g/mol. The van der Waals surface area contributed by atoms with E-state index in [-0.39, 0.29) is 17.4 Å². The second kappa shape index (κ2) is 6.41. The van der Waals surface area contributed by atoms with E-state index in [0.717, 1.165) is 25.9 Å². The van der Waals surface area contributed by atoms with E-state index in [1.807, 2.05) is 0 Å². The molecule has 0 spiro atoms. The van der Waals surface area contributed by atoms with E-state index < -0.39 is 5.97 Å². The Kier molecular flexibility index (Phi) is 4.96. The molecule has 0 amide bonds. The molecular weight excluding hydrogens is 274 g/mol. The monoisotopic (exact) mass is 303 g/mol. The van der Waals surface area contributed by atoms with Crippen LogP contribution in [0.3, 0.4) is 0 Å². The number of aryl methyl sites for hydroxylation is 1. The van der Waals surface area contributed by atoms with Crippen LogP contribution in [0.15, 0.2) is 18.2 Å². The number of aliphatic carboxylic acids is 1. The van der Waals surface area contributed by atoms with Crippen molar-refractivity contribution in [3.05, 3.63) is 34.9 Å². The van der Waals surface area contributed by atoms with Crippen LogP contribution in [0.5, 0.6) is 0 Å². The number of carboxylic acids is 1. The molecule has 0 aliphatic carbocycles. The number of piperidine rings is 1. The van der Waals surface area contributed by atoms with E-state index in [1.54, 1.807) is 0 Å². The normalized spacial score (nSPS) is 23.5. The van der Waals surface area contributed by atoms with Gasteiger partial charge in [0.25, 0.3) is 0 Å². The van der Waals surface area contributed by atoms with Gasteiger partial charge in [0.2, 0.25) is 0 Å². The largest absolute Gasteiger partial charge is 0.480 e. The van der Waals surface area contributed by atoms with Crippen LogP contribution in [0.25, 0.3) is 0 Å². The molecule has 22 heavy (non-hydrogen) atoms. The Morgan fingerprint density at radius 3 is 2.59 bits per heavy atom. The van der Waals surface area contributed by atoms with Gasteiger partial charge in [0.1, 0.15) is 6.04 Å². The minimum atomic E-state index is -0.685. The first-order valence-electron chi connectivity index (χ1n) is 8.27. The number of likely N-dealkylation sites (tertiary alicyclic amines) is 1. The van der Waals surface area contributed by atoms with Crippen molar-refractivity contribution < 1.29 is 9.90 Å². The van der Waals surface area contributed by atoms with Crippen molar-refractivity contribution in [1.82, 2.24) is 4.90 Å². The highest BCUT2D eigenvalue weighted by atomic mass is 16.4. The molecule has 1 aromatic carbocycles. The predicted molar refractivity (Wildman–Crippen MR) is 90.1 cm³/mol. The molecule has 0 radical (unpaired) electrons. The smallest absolute Gasteiger partial charge is 0.321 e. The van der Waals surface area contributed by atoms with Gasteiger partial charge in [-0.1, -0.05) is 45.9 Å². The number of hydrogen-bond acceptors (Lipinski definition) is 2. The summed E-state index contributed by atoms with van der Waals surface area (Å²) in [5, 5.41) is 9.52. The van der Waals surface area contributed by atoms with Gasteiger partial charge in [0.05, 0.1) is 0 Å². The summed E-state index contributed by atoms with van der Waals surface area (Å²) in [6.07, 6.45) is 2.10. The van der Waals surface area contributed by atoms with Crippen molar-refractivity contribution >= 4 is 5.97 Å². The lowest BCUT2D eigenvalue weighted by atomic mass is 9.83.